The van der Waals surface area contributed by atoms with Gasteiger partial charge in [0.1, 0.15) is 5.54 Å². The van der Waals surface area contributed by atoms with Crippen LogP contribution in [0.5, 0.6) is 0 Å². The maximum absolute atomic E-state index is 12.6. The number of benzene rings is 1. The standard InChI is InChI=1S/C19H22INO3/c1-13-10-15(20)11-14(2)16(13)12-17(22)21-19(9-6-18(23)24)7-4-3-5-8-19/h10-11H,3-5,7-8,12H2,1-2H3,(H,21,22)(H,23,24). The molecule has 0 heterocycles. The zero-order valence-corrected chi connectivity index (χ0v) is 16.2. The molecule has 0 radical (unpaired) electrons. The molecule has 1 aromatic carbocycles. The summed E-state index contributed by atoms with van der Waals surface area (Å²) in [6.45, 7) is 4.02. The van der Waals surface area contributed by atoms with Crippen molar-refractivity contribution in [2.24, 2.45) is 0 Å². The van der Waals surface area contributed by atoms with Crippen molar-refractivity contribution in [1.82, 2.24) is 5.32 Å². The number of hydrogen-bond acceptors (Lipinski definition) is 2. The van der Waals surface area contributed by atoms with Crippen molar-refractivity contribution in [2.75, 3.05) is 0 Å². The van der Waals surface area contributed by atoms with Gasteiger partial charge in [0.2, 0.25) is 5.91 Å². The Balaban J connectivity index is 2.17. The molecule has 1 aliphatic rings. The highest BCUT2D eigenvalue weighted by molar-refractivity contribution is 14.1. The van der Waals surface area contributed by atoms with Crippen LogP contribution in [0.1, 0.15) is 48.8 Å². The van der Waals surface area contributed by atoms with Gasteiger partial charge in [-0.15, -0.1) is 0 Å². The highest BCUT2D eigenvalue weighted by Crippen LogP contribution is 2.28. The molecule has 24 heavy (non-hydrogen) atoms. The summed E-state index contributed by atoms with van der Waals surface area (Å²) in [6, 6.07) is 4.13. The number of nitrogens with one attached hydrogen (secondary N) is 1. The van der Waals surface area contributed by atoms with Crippen molar-refractivity contribution >= 4 is 34.5 Å². The van der Waals surface area contributed by atoms with Gasteiger partial charge in [0.05, 0.1) is 6.42 Å². The van der Waals surface area contributed by atoms with Gasteiger partial charge in [-0.05, 0) is 78.1 Å². The Morgan fingerprint density at radius 2 is 1.79 bits per heavy atom. The van der Waals surface area contributed by atoms with Crippen molar-refractivity contribution in [3.05, 3.63) is 32.4 Å². The smallest absolute Gasteiger partial charge is 0.381 e. The molecule has 0 atom stereocenters. The molecule has 0 bridgehead atoms. The third-order valence-corrected chi connectivity index (χ3v) is 5.12. The summed E-state index contributed by atoms with van der Waals surface area (Å²) in [5.41, 5.74) is 2.54. The lowest BCUT2D eigenvalue weighted by Crippen LogP contribution is -2.49. The van der Waals surface area contributed by atoms with E-state index in [2.05, 4.69) is 51.9 Å². The average Bonchev–Trinajstić information content (AvgIpc) is 2.50. The van der Waals surface area contributed by atoms with E-state index in [0.29, 0.717) is 19.3 Å². The van der Waals surface area contributed by atoms with Gasteiger partial charge >= 0.3 is 5.97 Å². The molecule has 1 aliphatic carbocycles. The minimum absolute atomic E-state index is 0.0935. The Morgan fingerprint density at radius 3 is 2.33 bits per heavy atom. The lowest BCUT2D eigenvalue weighted by atomic mass is 9.82. The van der Waals surface area contributed by atoms with Gasteiger partial charge in [0.25, 0.3) is 0 Å². The summed E-state index contributed by atoms with van der Waals surface area (Å²) in [5, 5.41) is 11.9. The third-order valence-electron chi connectivity index (χ3n) is 4.49. The third kappa shape index (κ3) is 4.97. The van der Waals surface area contributed by atoms with E-state index in [1.54, 1.807) is 0 Å². The van der Waals surface area contributed by atoms with Crippen LogP contribution in [0.2, 0.25) is 0 Å². The van der Waals surface area contributed by atoms with Gasteiger partial charge in [-0.25, -0.2) is 4.79 Å². The Labute approximate surface area is 156 Å². The molecular formula is C19H22INO3. The van der Waals surface area contributed by atoms with Gasteiger partial charge < -0.3 is 10.4 Å². The van der Waals surface area contributed by atoms with Crippen LogP contribution in [-0.2, 0) is 16.0 Å². The number of carboxylic acid groups (broad SMARTS) is 1. The second kappa shape index (κ2) is 8.02. The summed E-state index contributed by atoms with van der Waals surface area (Å²) in [4.78, 5) is 23.4. The van der Waals surface area contributed by atoms with Gasteiger partial charge in [0, 0.05) is 9.49 Å². The summed E-state index contributed by atoms with van der Waals surface area (Å²) < 4.78 is 1.16. The molecule has 1 saturated carbocycles. The quantitative estimate of drug-likeness (QED) is 0.561. The first-order valence-electron chi connectivity index (χ1n) is 8.14. The van der Waals surface area contributed by atoms with Crippen LogP contribution in [0.3, 0.4) is 0 Å². The van der Waals surface area contributed by atoms with E-state index >= 15 is 0 Å². The fraction of sp³-hybridized carbons (Fsp3) is 0.474. The predicted molar refractivity (Wildman–Crippen MR) is 102 cm³/mol. The Hall–Kier alpha value is -1.55. The number of hydrogen-bond donors (Lipinski definition) is 2. The van der Waals surface area contributed by atoms with Crippen LogP contribution >= 0.6 is 22.6 Å². The van der Waals surface area contributed by atoms with Crippen LogP contribution in [0.15, 0.2) is 12.1 Å². The second-order valence-corrected chi connectivity index (χ2v) is 7.69. The van der Waals surface area contributed by atoms with Crippen LogP contribution in [-0.4, -0.2) is 22.5 Å². The molecule has 4 nitrogen and oxygen atoms in total. The fourth-order valence-corrected chi connectivity index (χ4v) is 4.23. The van der Waals surface area contributed by atoms with E-state index in [0.717, 1.165) is 39.5 Å². The van der Waals surface area contributed by atoms with Crippen LogP contribution in [0.4, 0.5) is 0 Å². The number of carboxylic acids is 1. The first-order chi connectivity index (χ1) is 11.3. The molecule has 0 saturated heterocycles. The van der Waals surface area contributed by atoms with Crippen molar-refractivity contribution in [3.8, 4) is 11.8 Å². The maximum atomic E-state index is 12.6. The largest absolute Gasteiger partial charge is 0.472 e. The molecule has 0 spiro atoms. The Kier molecular flexibility index (Phi) is 6.27. The summed E-state index contributed by atoms with van der Waals surface area (Å²) >= 11 is 2.27. The molecule has 1 fully saturated rings. The average molecular weight is 439 g/mol. The van der Waals surface area contributed by atoms with Crippen molar-refractivity contribution in [1.29, 1.82) is 0 Å². The maximum Gasteiger partial charge on any atom is 0.381 e. The van der Waals surface area contributed by atoms with E-state index in [1.807, 2.05) is 13.8 Å². The van der Waals surface area contributed by atoms with E-state index in [1.165, 1.54) is 0 Å². The van der Waals surface area contributed by atoms with Crippen LogP contribution < -0.4 is 5.32 Å². The number of aliphatic carboxylic acids is 1. The van der Waals surface area contributed by atoms with E-state index in [4.69, 9.17) is 5.11 Å². The molecule has 1 aromatic rings. The number of halogens is 1. The molecule has 0 aromatic heterocycles. The van der Waals surface area contributed by atoms with Gasteiger partial charge in [0.15, 0.2) is 0 Å². The zero-order chi connectivity index (χ0) is 17.7. The van der Waals surface area contributed by atoms with Gasteiger partial charge in [-0.2, -0.15) is 0 Å². The minimum atomic E-state index is -1.15. The molecule has 2 N–H and O–H groups in total. The molecule has 2 rings (SSSR count). The van der Waals surface area contributed by atoms with E-state index in [9.17, 15) is 9.59 Å². The predicted octanol–water partition coefficient (Wildman–Crippen LogP) is 3.36. The number of carbonyl (C=O) groups excluding carboxylic acids is 1. The van der Waals surface area contributed by atoms with Crippen LogP contribution in [0, 0.1) is 29.3 Å². The fourth-order valence-electron chi connectivity index (χ4n) is 3.30. The SMILES string of the molecule is Cc1cc(I)cc(C)c1CC(=O)NC1(C#CC(=O)O)CCCCC1. The highest BCUT2D eigenvalue weighted by atomic mass is 127. The van der Waals surface area contributed by atoms with Crippen molar-refractivity contribution in [2.45, 2.75) is 57.9 Å². The highest BCUT2D eigenvalue weighted by Gasteiger charge is 2.32. The minimum Gasteiger partial charge on any atom is -0.472 e. The lowest BCUT2D eigenvalue weighted by molar-refractivity contribution is -0.130. The van der Waals surface area contributed by atoms with E-state index in [-0.39, 0.29) is 5.91 Å². The van der Waals surface area contributed by atoms with Gasteiger partial charge in [-0.3, -0.25) is 4.79 Å². The number of amides is 1. The number of carbonyl (C=O) groups is 2. The normalized spacial score (nSPS) is 16.0. The van der Waals surface area contributed by atoms with Crippen molar-refractivity contribution in [3.63, 3.8) is 0 Å². The van der Waals surface area contributed by atoms with E-state index < -0.39 is 11.5 Å². The first-order valence-corrected chi connectivity index (χ1v) is 9.22. The topological polar surface area (TPSA) is 66.4 Å². The Morgan fingerprint density at radius 1 is 1.21 bits per heavy atom. The first kappa shape index (κ1) is 18.8. The van der Waals surface area contributed by atoms with Crippen molar-refractivity contribution < 1.29 is 14.7 Å². The molecular weight excluding hydrogens is 417 g/mol. The summed E-state index contributed by atoms with van der Waals surface area (Å²) in [7, 11) is 0. The Bertz CT molecular complexity index is 686. The zero-order valence-electron chi connectivity index (χ0n) is 14.0. The molecule has 128 valence electrons. The monoisotopic (exact) mass is 439 g/mol. The van der Waals surface area contributed by atoms with Crippen LogP contribution in [0.25, 0.3) is 0 Å². The lowest BCUT2D eigenvalue weighted by Gasteiger charge is -2.33. The number of rotatable bonds is 3. The molecule has 1 amide bonds. The number of aryl methyl sites for hydroxylation is 2. The molecule has 0 unspecified atom stereocenters. The summed E-state index contributed by atoms with van der Waals surface area (Å²) in [6.07, 6.45) is 4.73. The molecule has 0 aliphatic heterocycles. The molecule has 5 heteroatoms. The summed E-state index contributed by atoms with van der Waals surface area (Å²) in [5.74, 6) is 3.77. The second-order valence-electron chi connectivity index (χ2n) is 6.44. The van der Waals surface area contributed by atoms with Gasteiger partial charge in [-0.1, -0.05) is 25.2 Å².